The van der Waals surface area contributed by atoms with Crippen LogP contribution in [0.5, 0.6) is 0 Å². The van der Waals surface area contributed by atoms with Crippen LogP contribution in [-0.2, 0) is 9.59 Å². The summed E-state index contributed by atoms with van der Waals surface area (Å²) in [5.41, 5.74) is 5.00. The van der Waals surface area contributed by atoms with Crippen LogP contribution in [0.1, 0.15) is 12.8 Å². The predicted molar refractivity (Wildman–Crippen MR) is 38.2 cm³/mol. The normalized spacial score (nSPS) is 9.62. The minimum absolute atomic E-state index is 0. The van der Waals surface area contributed by atoms with E-state index in [1.807, 2.05) is 0 Å². The number of hydrogen-bond acceptors (Lipinski definition) is 3. The Morgan fingerprint density at radius 3 is 1.85 bits per heavy atom. The molecule has 0 aromatic carbocycles. The number of carbonyl (C=O) groups is 2. The van der Waals surface area contributed by atoms with Gasteiger partial charge in [-0.25, -0.2) is 0 Å². The van der Waals surface area contributed by atoms with Gasteiger partial charge in [-0.2, -0.15) is 0 Å². The Morgan fingerprint density at radius 2 is 1.62 bits per heavy atom. The van der Waals surface area contributed by atoms with E-state index >= 15 is 0 Å². The first kappa shape index (κ1) is 23.5. The van der Waals surface area contributed by atoms with Gasteiger partial charge in [0.2, 0.25) is 0 Å². The number of hydrogen-bond donors (Lipinski definition) is 3. The van der Waals surface area contributed by atoms with E-state index in [-0.39, 0.29) is 75.4 Å². The van der Waals surface area contributed by atoms with E-state index in [2.05, 4.69) is 0 Å². The van der Waals surface area contributed by atoms with Crippen molar-refractivity contribution in [3.8, 4) is 0 Å². The van der Waals surface area contributed by atoms with Crippen molar-refractivity contribution in [1.29, 1.82) is 0 Å². The van der Waals surface area contributed by atoms with Crippen molar-refractivity contribution in [2.75, 3.05) is 0 Å². The van der Waals surface area contributed by atoms with Gasteiger partial charge in [-0.1, -0.05) is 0 Å². The Balaban J connectivity index is -0.000000135. The second kappa shape index (κ2) is 12.7. The van der Waals surface area contributed by atoms with Crippen LogP contribution in [0.25, 0.3) is 0 Å². The molecule has 0 aliphatic rings. The Hall–Kier alpha value is 0.740. The van der Waals surface area contributed by atoms with Crippen LogP contribution < -0.4 is 30.5 Å². The fraction of sp³-hybridized carbons (Fsp3) is 0.600. The fourth-order valence-corrected chi connectivity index (χ4v) is 0.402. The third-order valence-electron chi connectivity index (χ3n) is 0.986. The molecule has 0 amide bonds. The summed E-state index contributed by atoms with van der Waals surface area (Å²) in [6, 6.07) is -1.06. The molecule has 1 atom stereocenters. The maximum absolute atomic E-state index is 9.99. The number of carboxylic acids is 2. The van der Waals surface area contributed by atoms with Gasteiger partial charge < -0.3 is 40.8 Å². The molecule has 0 aliphatic heterocycles. The van der Waals surface area contributed by atoms with E-state index in [9.17, 15) is 9.59 Å². The van der Waals surface area contributed by atoms with Crippen molar-refractivity contribution >= 4 is 49.7 Å². The summed E-state index contributed by atoms with van der Waals surface area (Å²) < 4.78 is 0. The van der Waals surface area contributed by atoms with E-state index < -0.39 is 18.0 Å². The molecule has 0 radical (unpaired) electrons. The van der Waals surface area contributed by atoms with Gasteiger partial charge in [0, 0.05) is 6.42 Å². The monoisotopic (exact) mass is 257 g/mol. The van der Waals surface area contributed by atoms with E-state index in [0.29, 0.717) is 0 Å². The molecule has 0 aromatic rings. The van der Waals surface area contributed by atoms with Crippen molar-refractivity contribution in [3.05, 3.63) is 0 Å². The number of nitrogens with two attached hydrogens (primary N) is 1. The van der Waals surface area contributed by atoms with Crippen LogP contribution in [-0.4, -0.2) is 65.9 Å². The van der Waals surface area contributed by atoms with Gasteiger partial charge in [-0.3, -0.25) is 9.59 Å². The average Bonchev–Trinajstić information content (AvgIpc) is 1.82. The molecule has 0 heterocycles. The molecule has 0 fully saturated rings. The van der Waals surface area contributed by atoms with Crippen LogP contribution in [0.15, 0.2) is 0 Å². The van der Waals surface area contributed by atoms with Gasteiger partial charge >= 0.3 is 49.7 Å². The summed E-state index contributed by atoms with van der Waals surface area (Å²) in [6.07, 6.45) is -0.224. The predicted octanol–water partition coefficient (Wildman–Crippen LogP) is -7.11. The van der Waals surface area contributed by atoms with Gasteiger partial charge in [0.25, 0.3) is 0 Å². The maximum atomic E-state index is 9.99. The van der Waals surface area contributed by atoms with E-state index in [4.69, 9.17) is 15.9 Å². The molecule has 1 unspecified atom stereocenters. The molecule has 13 heavy (non-hydrogen) atoms. The summed E-state index contributed by atoms with van der Waals surface area (Å²) in [7, 11) is 0. The van der Waals surface area contributed by atoms with Crippen molar-refractivity contribution in [2.45, 2.75) is 18.9 Å². The molecule has 8 heteroatoms. The zero-order valence-electron chi connectivity index (χ0n) is 6.74. The molecule has 0 bridgehead atoms. The molecule has 4 N–H and O–H groups in total. The topological polar surface area (TPSA) is 101 Å². The van der Waals surface area contributed by atoms with E-state index in [1.165, 1.54) is 0 Å². The average molecular weight is 258 g/mol. The number of halogens is 2. The third-order valence-corrected chi connectivity index (χ3v) is 0.986. The molecule has 0 rings (SSSR count). The molecule has 5 nitrogen and oxygen atoms in total. The number of aliphatic carboxylic acids is 2. The summed E-state index contributed by atoms with van der Waals surface area (Å²) in [5, 5.41) is 16.3. The standard InChI is InChI=1S/C5H9NO4.Ca.2ClH/c6-3(5(9)10)1-2-4(7)8;;;/h3H,1-2,6H2,(H,7,8)(H,9,10);;2*1H/q;+2;;/p-2. The largest absolute Gasteiger partial charge is 2.00 e. The molecule has 0 aromatic heterocycles. The van der Waals surface area contributed by atoms with Gasteiger partial charge in [-0.15, -0.1) is 0 Å². The second-order valence-electron chi connectivity index (χ2n) is 1.88. The Morgan fingerprint density at radius 1 is 1.23 bits per heavy atom. The molecule has 0 aliphatic carbocycles. The molecular weight excluding hydrogens is 249 g/mol. The minimum atomic E-state index is -1.17. The molecular formula is C5H9CaCl2NO4. The zero-order valence-corrected chi connectivity index (χ0v) is 10.5. The molecule has 0 saturated heterocycles. The van der Waals surface area contributed by atoms with Gasteiger partial charge in [0.1, 0.15) is 6.04 Å². The SMILES string of the molecule is NC(CCC(=O)O)C(=O)O.[Ca+2].[Cl-].[Cl-]. The first-order valence-corrected chi connectivity index (χ1v) is 2.74. The second-order valence-corrected chi connectivity index (χ2v) is 1.88. The smallest absolute Gasteiger partial charge is 1.00 e. The van der Waals surface area contributed by atoms with Crippen molar-refractivity contribution in [1.82, 2.24) is 0 Å². The Labute approximate surface area is 118 Å². The molecule has 74 valence electrons. The number of rotatable bonds is 4. The van der Waals surface area contributed by atoms with Crippen LogP contribution >= 0.6 is 0 Å². The quantitative estimate of drug-likeness (QED) is 0.435. The van der Waals surface area contributed by atoms with Gasteiger partial charge in [-0.05, 0) is 6.42 Å². The third kappa shape index (κ3) is 15.5. The maximum Gasteiger partial charge on any atom is 2.00 e. The van der Waals surface area contributed by atoms with Gasteiger partial charge in [0.15, 0.2) is 0 Å². The van der Waals surface area contributed by atoms with E-state index in [0.717, 1.165) is 0 Å². The summed E-state index contributed by atoms with van der Waals surface area (Å²) in [4.78, 5) is 19.9. The van der Waals surface area contributed by atoms with Crippen LogP contribution in [0.3, 0.4) is 0 Å². The van der Waals surface area contributed by atoms with E-state index in [1.54, 1.807) is 0 Å². The minimum Gasteiger partial charge on any atom is -1.00 e. The summed E-state index contributed by atoms with van der Waals surface area (Å²) >= 11 is 0. The van der Waals surface area contributed by atoms with Crippen LogP contribution in [0.2, 0.25) is 0 Å². The molecule has 0 saturated carbocycles. The first-order chi connectivity index (χ1) is 4.54. The Bertz CT molecular complexity index is 157. The van der Waals surface area contributed by atoms with Gasteiger partial charge in [0.05, 0.1) is 0 Å². The summed E-state index contributed by atoms with van der Waals surface area (Å²) in [5.74, 6) is -2.20. The van der Waals surface area contributed by atoms with Crippen molar-refractivity contribution in [2.24, 2.45) is 5.73 Å². The van der Waals surface area contributed by atoms with Crippen molar-refractivity contribution < 1.29 is 44.6 Å². The van der Waals surface area contributed by atoms with Crippen molar-refractivity contribution in [3.63, 3.8) is 0 Å². The molecule has 0 spiro atoms. The zero-order chi connectivity index (χ0) is 8.15. The number of carboxylic acid groups (broad SMARTS) is 2. The first-order valence-electron chi connectivity index (χ1n) is 2.74. The summed E-state index contributed by atoms with van der Waals surface area (Å²) in [6.45, 7) is 0. The Kier molecular flexibility index (Phi) is 23.0. The fourth-order valence-electron chi connectivity index (χ4n) is 0.402. The van der Waals surface area contributed by atoms with Crippen LogP contribution in [0.4, 0.5) is 0 Å². The van der Waals surface area contributed by atoms with Crippen LogP contribution in [0, 0.1) is 0 Å².